The van der Waals surface area contributed by atoms with Crippen LogP contribution in [-0.2, 0) is 22.3 Å². The van der Waals surface area contributed by atoms with Gasteiger partial charge in [-0.2, -0.15) is 13.2 Å². The molecule has 0 unspecified atom stereocenters. The number of benzene rings is 3. The number of halogens is 6. The number of anilines is 2. The average molecular weight is 652 g/mol. The van der Waals surface area contributed by atoms with E-state index in [2.05, 4.69) is 15.0 Å². The van der Waals surface area contributed by atoms with Gasteiger partial charge in [0, 0.05) is 43.6 Å². The highest BCUT2D eigenvalue weighted by molar-refractivity contribution is 5.77. The van der Waals surface area contributed by atoms with E-state index in [9.17, 15) is 31.1 Å². The number of nitrogens with zero attached hydrogens (tertiary/aromatic N) is 2. The molecule has 2 aliphatic rings. The quantitative estimate of drug-likeness (QED) is 0.233. The van der Waals surface area contributed by atoms with Crippen molar-refractivity contribution in [2.75, 3.05) is 43.0 Å². The van der Waals surface area contributed by atoms with Crippen molar-refractivity contribution in [1.29, 1.82) is 0 Å². The zero-order chi connectivity index (χ0) is 32.7. The third-order valence-electron chi connectivity index (χ3n) is 8.08. The molecule has 1 aliphatic heterocycles. The molecule has 0 bridgehead atoms. The molecule has 0 radical (unpaired) electrons. The van der Waals surface area contributed by atoms with E-state index < -0.39 is 23.9 Å². The number of carbonyl (C=O) groups excluding carboxylic acids is 1. The van der Waals surface area contributed by atoms with Crippen molar-refractivity contribution in [3.8, 4) is 11.5 Å². The Morgan fingerprint density at radius 1 is 0.826 bits per heavy atom. The summed E-state index contributed by atoms with van der Waals surface area (Å²) in [6, 6.07) is 20.1. The van der Waals surface area contributed by atoms with E-state index in [1.165, 1.54) is 0 Å². The van der Waals surface area contributed by atoms with Gasteiger partial charge in [-0.05, 0) is 73.7 Å². The first-order valence-electron chi connectivity index (χ1n) is 15.1. The topological polar surface area (TPSA) is 63.3 Å². The van der Waals surface area contributed by atoms with E-state index in [0.717, 1.165) is 23.1 Å². The molecule has 0 aromatic heterocycles. The molecule has 1 aliphatic carbocycles. The van der Waals surface area contributed by atoms with Crippen molar-refractivity contribution in [3.63, 3.8) is 0 Å². The van der Waals surface area contributed by atoms with Crippen LogP contribution in [0.5, 0.6) is 11.5 Å². The monoisotopic (exact) mass is 651 g/mol. The lowest BCUT2D eigenvalue weighted by atomic mass is 9.92. The molecular weight excluding hydrogens is 616 g/mol. The lowest BCUT2D eigenvalue weighted by molar-refractivity contribution is -0.276. The second kappa shape index (κ2) is 14.5. The number of carbonyl (C=O) groups is 1. The number of hydrogen-bond acceptors (Lipinski definition) is 6. The molecule has 3 aromatic carbocycles. The lowest BCUT2D eigenvalue weighted by Crippen LogP contribution is -2.50. The van der Waals surface area contributed by atoms with Crippen molar-refractivity contribution in [3.05, 3.63) is 83.9 Å². The molecule has 248 valence electrons. The maximum atomic E-state index is 13.4. The van der Waals surface area contributed by atoms with Gasteiger partial charge >= 0.3 is 12.5 Å². The Labute approximate surface area is 263 Å². The first-order chi connectivity index (χ1) is 21.9. The van der Waals surface area contributed by atoms with Gasteiger partial charge in [0.15, 0.2) is 0 Å². The highest BCUT2D eigenvalue weighted by Crippen LogP contribution is 2.40. The van der Waals surface area contributed by atoms with E-state index in [-0.39, 0.29) is 30.3 Å². The lowest BCUT2D eigenvalue weighted by Gasteiger charge is -2.36. The maximum absolute atomic E-state index is 13.4. The number of ether oxygens (including phenoxy) is 3. The Morgan fingerprint density at radius 2 is 1.50 bits per heavy atom. The SMILES string of the molecule is O=C(CO[C@H]1CC[C@H](Nc2ccc(OC(F)(F)F)c(C(F)(F)F)c2)CC1)N1CCN(c2ccc(OCc3ccccc3)cc2)CC1. The van der Waals surface area contributed by atoms with E-state index >= 15 is 0 Å². The number of rotatable bonds is 10. The smallest absolute Gasteiger partial charge is 0.489 e. The van der Waals surface area contributed by atoms with Crippen LogP contribution in [0.3, 0.4) is 0 Å². The molecule has 3 aromatic rings. The van der Waals surface area contributed by atoms with Gasteiger partial charge in [0.25, 0.3) is 0 Å². The second-order valence-electron chi connectivity index (χ2n) is 11.3. The van der Waals surface area contributed by atoms with Crippen LogP contribution in [0, 0.1) is 0 Å². The second-order valence-corrected chi connectivity index (χ2v) is 11.3. The largest absolute Gasteiger partial charge is 0.573 e. The van der Waals surface area contributed by atoms with Crippen molar-refractivity contribution < 1.29 is 45.3 Å². The maximum Gasteiger partial charge on any atom is 0.573 e. The molecule has 1 N–H and O–H groups in total. The minimum atomic E-state index is -5.24. The Kier molecular flexibility index (Phi) is 10.5. The van der Waals surface area contributed by atoms with Gasteiger partial charge in [-0.1, -0.05) is 30.3 Å². The molecule has 0 atom stereocenters. The van der Waals surface area contributed by atoms with E-state index in [1.807, 2.05) is 54.6 Å². The summed E-state index contributed by atoms with van der Waals surface area (Å²) in [6.45, 7) is 2.95. The first kappa shape index (κ1) is 33.2. The van der Waals surface area contributed by atoms with E-state index in [0.29, 0.717) is 70.6 Å². The summed E-state index contributed by atoms with van der Waals surface area (Å²) in [6.07, 6.45) is -8.12. The summed E-state index contributed by atoms with van der Waals surface area (Å²) in [5.41, 5.74) is 0.694. The van der Waals surface area contributed by atoms with Crippen LogP contribution in [0.4, 0.5) is 37.7 Å². The van der Waals surface area contributed by atoms with Gasteiger partial charge < -0.3 is 29.3 Å². The molecule has 7 nitrogen and oxygen atoms in total. The Bertz CT molecular complexity index is 1420. The molecule has 5 rings (SSSR count). The van der Waals surface area contributed by atoms with E-state index in [4.69, 9.17) is 9.47 Å². The Balaban J connectivity index is 1.01. The van der Waals surface area contributed by atoms with Crippen molar-refractivity contribution in [1.82, 2.24) is 4.90 Å². The highest BCUT2D eigenvalue weighted by atomic mass is 19.4. The van der Waals surface area contributed by atoms with Gasteiger partial charge in [0.1, 0.15) is 24.7 Å². The van der Waals surface area contributed by atoms with Crippen LogP contribution in [0.2, 0.25) is 0 Å². The third kappa shape index (κ3) is 9.44. The van der Waals surface area contributed by atoms with Crippen LogP contribution in [0.1, 0.15) is 36.8 Å². The zero-order valence-electron chi connectivity index (χ0n) is 24.9. The summed E-state index contributed by atoms with van der Waals surface area (Å²) < 4.78 is 93.0. The Morgan fingerprint density at radius 3 is 2.13 bits per heavy atom. The average Bonchev–Trinajstić information content (AvgIpc) is 3.04. The molecular formula is C33H35F6N3O4. The summed E-state index contributed by atoms with van der Waals surface area (Å²) in [4.78, 5) is 16.8. The molecule has 1 saturated heterocycles. The van der Waals surface area contributed by atoms with Gasteiger partial charge in [0.05, 0.1) is 11.7 Å². The molecule has 0 spiro atoms. The number of amides is 1. The third-order valence-corrected chi connectivity index (χ3v) is 8.08. The summed E-state index contributed by atoms with van der Waals surface area (Å²) >= 11 is 0. The number of hydrogen-bond donors (Lipinski definition) is 1. The summed E-state index contributed by atoms with van der Waals surface area (Å²) in [5, 5.41) is 2.97. The standard InChI is InChI=1S/C33H35F6N3O4/c34-32(35,36)29-20-25(8-15-30(29)46-33(37,38)39)40-24-6-11-27(12-7-24)45-22-31(43)42-18-16-41(17-19-42)26-9-13-28(14-10-26)44-21-23-4-2-1-3-5-23/h1-5,8-10,13-15,20,24,27,40H,6-7,11-12,16-19,21-22H2/t24-,27-. The van der Waals surface area contributed by atoms with Crippen LogP contribution in [0.25, 0.3) is 0 Å². The van der Waals surface area contributed by atoms with Gasteiger partial charge in [-0.3, -0.25) is 4.79 Å². The van der Waals surface area contributed by atoms with Crippen LogP contribution >= 0.6 is 0 Å². The first-order valence-corrected chi connectivity index (χ1v) is 15.1. The number of piperazine rings is 1. The fourth-order valence-corrected chi connectivity index (χ4v) is 5.65. The summed E-state index contributed by atoms with van der Waals surface area (Å²) in [5.74, 6) is -0.606. The van der Waals surface area contributed by atoms with Gasteiger partial charge in [-0.15, -0.1) is 13.2 Å². The van der Waals surface area contributed by atoms with Gasteiger partial charge in [0.2, 0.25) is 5.91 Å². The molecule has 1 amide bonds. The molecule has 1 heterocycles. The molecule has 46 heavy (non-hydrogen) atoms. The molecule has 2 fully saturated rings. The fraction of sp³-hybridized carbons (Fsp3) is 0.424. The zero-order valence-corrected chi connectivity index (χ0v) is 24.9. The van der Waals surface area contributed by atoms with Crippen molar-refractivity contribution in [2.24, 2.45) is 0 Å². The minimum absolute atomic E-state index is 0.0490. The van der Waals surface area contributed by atoms with Crippen LogP contribution < -0.4 is 19.7 Å². The van der Waals surface area contributed by atoms with Gasteiger partial charge in [-0.25, -0.2) is 0 Å². The summed E-state index contributed by atoms with van der Waals surface area (Å²) in [7, 11) is 0. The highest BCUT2D eigenvalue weighted by Gasteiger charge is 2.39. The van der Waals surface area contributed by atoms with Crippen LogP contribution in [-0.4, -0.2) is 62.1 Å². The predicted molar refractivity (Wildman–Crippen MR) is 160 cm³/mol. The number of nitrogens with one attached hydrogen (secondary N) is 1. The van der Waals surface area contributed by atoms with Crippen molar-refractivity contribution in [2.45, 2.75) is 57.0 Å². The minimum Gasteiger partial charge on any atom is -0.489 e. The van der Waals surface area contributed by atoms with E-state index in [1.54, 1.807) is 4.90 Å². The van der Waals surface area contributed by atoms with Crippen LogP contribution in [0.15, 0.2) is 72.8 Å². The number of alkyl halides is 6. The molecule has 1 saturated carbocycles. The molecule has 13 heteroatoms. The fourth-order valence-electron chi connectivity index (χ4n) is 5.65. The predicted octanol–water partition coefficient (Wildman–Crippen LogP) is 7.27. The Hall–Kier alpha value is -4.13. The van der Waals surface area contributed by atoms with Crippen molar-refractivity contribution >= 4 is 17.3 Å². The normalized spacial score (nSPS) is 19.1.